The van der Waals surface area contributed by atoms with Crippen molar-refractivity contribution < 1.29 is 54.1 Å². The first kappa shape index (κ1) is 43.3. The van der Waals surface area contributed by atoms with Crippen LogP contribution < -0.4 is 20.1 Å². The van der Waals surface area contributed by atoms with E-state index in [1.54, 1.807) is 24.3 Å². The Morgan fingerprint density at radius 1 is 1.03 bits per heavy atom. The number of hydrogen-bond acceptors (Lipinski definition) is 13. The third-order valence-electron chi connectivity index (χ3n) is 14.1. The van der Waals surface area contributed by atoms with Gasteiger partial charge in [-0.2, -0.15) is 0 Å². The predicted octanol–water partition coefficient (Wildman–Crippen LogP) is 4.56. The number of carbonyl (C=O) groups is 2. The van der Waals surface area contributed by atoms with Gasteiger partial charge in [0.05, 0.1) is 43.4 Å². The quantitative estimate of drug-likeness (QED) is 0.0905. The number of allylic oxidation sites excluding steroid dienone is 1. The van der Waals surface area contributed by atoms with Gasteiger partial charge in [0.15, 0.2) is 11.4 Å². The van der Waals surface area contributed by atoms with E-state index in [0.717, 1.165) is 52.4 Å². The number of aromatic nitrogens is 1. The molecule has 1 saturated carbocycles. The van der Waals surface area contributed by atoms with Crippen molar-refractivity contribution in [1.29, 1.82) is 0 Å². The number of hydrogen-bond donors (Lipinski definition) is 8. The molecule has 0 radical (unpaired) electrons. The first-order chi connectivity index (χ1) is 31.5. The standard InChI is InChI=1S/C50H54N4O11/c1-51-18-25-10-14-36-32(16-25)34(20-53-36)38-15-13-31-39(62-3)17-33-29-12-11-26-6-4-8-28(26)41(29)43(37(56)22-54-21-35-27(19-52-2)7-5-9-30(35)48(54)60)45(58)42(33)46(31)65-49-50(61,24-55)47(59)44(57)40(64-49)23-63-38/h5,7,9-17,20,26,28,38,40,44,47,49,51-53,55,57-59,61H,4,6,8,18-19,21-24H2,1-3H3. The van der Waals surface area contributed by atoms with Crippen LogP contribution in [0.25, 0.3) is 33.8 Å². The van der Waals surface area contributed by atoms with Gasteiger partial charge in [-0.3, -0.25) is 9.59 Å². The van der Waals surface area contributed by atoms with Gasteiger partial charge in [0.1, 0.15) is 41.7 Å². The van der Waals surface area contributed by atoms with E-state index in [1.807, 2.05) is 50.6 Å². The van der Waals surface area contributed by atoms with Gasteiger partial charge in [-0.05, 0) is 96.9 Å². The van der Waals surface area contributed by atoms with E-state index in [4.69, 9.17) is 18.9 Å². The second kappa shape index (κ2) is 17.0. The Labute approximate surface area is 375 Å². The number of phenols is 1. The van der Waals surface area contributed by atoms with Gasteiger partial charge in [0.2, 0.25) is 6.29 Å². The number of methoxy groups -OCH3 is 1. The van der Waals surface area contributed by atoms with Crippen LogP contribution in [0.3, 0.4) is 0 Å². The molecule has 2 bridgehead atoms. The molecule has 3 aliphatic heterocycles. The van der Waals surface area contributed by atoms with Gasteiger partial charge < -0.3 is 65.0 Å². The van der Waals surface area contributed by atoms with Crippen LogP contribution in [0.5, 0.6) is 17.2 Å². The van der Waals surface area contributed by atoms with Gasteiger partial charge in [-0.25, -0.2) is 0 Å². The summed E-state index contributed by atoms with van der Waals surface area (Å²) in [4.78, 5) is 33.8. The Hall–Kier alpha value is -5.62. The number of Topliss-reactive ketones (excluding diaryl/α,β-unsaturated/α-hetero) is 1. The molecule has 5 aliphatic rings. The maximum Gasteiger partial charge on any atom is 0.254 e. The highest BCUT2D eigenvalue weighted by atomic mass is 16.7. The molecule has 4 aromatic carbocycles. The second-order valence-electron chi connectivity index (χ2n) is 17.9. The SMILES string of the molecule is CNCc1ccc2[nH]cc(C3C=Cc4c(OC)cc5c6c(c(C(=O)CN7Cc8c(CNC)cccc8C7=O)c(O)c5c4OC4OC(CO3)C(O)C(O)C4(O)CO)C3CCCC3C=C6)c2c1. The minimum atomic E-state index is -2.57. The van der Waals surface area contributed by atoms with Crippen LogP contribution in [0.2, 0.25) is 0 Å². The summed E-state index contributed by atoms with van der Waals surface area (Å²) in [6, 6.07) is 13.4. The molecular weight excluding hydrogens is 833 g/mol. The van der Waals surface area contributed by atoms with Crippen LogP contribution >= 0.6 is 0 Å². The number of carbonyl (C=O) groups excluding carboxylic acids is 2. The summed E-state index contributed by atoms with van der Waals surface area (Å²) in [7, 11) is 5.20. The van der Waals surface area contributed by atoms with Gasteiger partial charge in [0, 0.05) is 53.2 Å². The zero-order chi connectivity index (χ0) is 45.3. The average Bonchev–Trinajstić information content (AvgIpc) is 4.04. The van der Waals surface area contributed by atoms with Crippen LogP contribution in [0.1, 0.15) is 90.9 Å². The fourth-order valence-electron chi connectivity index (χ4n) is 10.8. The number of nitrogens with zero attached hydrogens (tertiary/aromatic N) is 1. The van der Waals surface area contributed by atoms with E-state index in [2.05, 4.69) is 27.8 Å². The number of nitrogens with one attached hydrogen (secondary N) is 3. The Balaban J connectivity index is 1.18. The highest BCUT2D eigenvalue weighted by Crippen LogP contribution is 2.55. The summed E-state index contributed by atoms with van der Waals surface area (Å²) in [5, 5.41) is 66.2. The molecule has 2 aliphatic carbocycles. The summed E-state index contributed by atoms with van der Waals surface area (Å²) in [6.07, 6.45) is 4.46. The lowest BCUT2D eigenvalue weighted by Crippen LogP contribution is -2.69. The van der Waals surface area contributed by atoms with Crippen LogP contribution in [-0.2, 0) is 29.1 Å². The van der Waals surface area contributed by atoms with Gasteiger partial charge >= 0.3 is 0 Å². The monoisotopic (exact) mass is 886 g/mol. The number of benzene rings is 4. The van der Waals surface area contributed by atoms with Crippen LogP contribution in [-0.4, -0.2) is 118 Å². The Morgan fingerprint density at radius 2 is 1.85 bits per heavy atom. The number of aliphatic hydroxyl groups is 4. The highest BCUT2D eigenvalue weighted by molar-refractivity contribution is 6.14. The number of rotatable bonds is 10. The number of aromatic amines is 1. The van der Waals surface area contributed by atoms with E-state index in [1.165, 1.54) is 12.0 Å². The summed E-state index contributed by atoms with van der Waals surface area (Å²) in [5.74, 6) is -0.869. The zero-order valence-corrected chi connectivity index (χ0v) is 36.5. The van der Waals surface area contributed by atoms with Crippen molar-refractivity contribution in [2.24, 2.45) is 5.92 Å². The number of aromatic hydroxyl groups is 1. The summed E-state index contributed by atoms with van der Waals surface area (Å²) < 4.78 is 25.5. The fourth-order valence-corrected chi connectivity index (χ4v) is 10.8. The first-order valence-electron chi connectivity index (χ1n) is 22.2. The van der Waals surface area contributed by atoms with Crippen molar-refractivity contribution in [2.75, 3.05) is 41.0 Å². The number of amides is 1. The molecule has 340 valence electrons. The molecule has 0 spiro atoms. The molecule has 10 rings (SSSR count). The van der Waals surface area contributed by atoms with Crippen LogP contribution in [0.4, 0.5) is 0 Å². The summed E-state index contributed by atoms with van der Waals surface area (Å²) >= 11 is 0. The Kier molecular flexibility index (Phi) is 11.3. The van der Waals surface area contributed by atoms with Crippen molar-refractivity contribution in [3.05, 3.63) is 111 Å². The molecular formula is C50H54N4O11. The third kappa shape index (κ3) is 7.04. The predicted molar refractivity (Wildman–Crippen MR) is 242 cm³/mol. The Bertz CT molecular complexity index is 2780. The van der Waals surface area contributed by atoms with Crippen molar-refractivity contribution in [3.8, 4) is 17.2 Å². The topological polar surface area (TPSA) is 215 Å². The number of phenolic OH excluding ortho intramolecular Hbond substituents is 1. The van der Waals surface area contributed by atoms with E-state index in [0.29, 0.717) is 40.9 Å². The molecule has 1 amide bonds. The van der Waals surface area contributed by atoms with E-state index in [-0.39, 0.29) is 59.7 Å². The number of fused-ring (bicyclic) bond motifs is 11. The van der Waals surface area contributed by atoms with Crippen LogP contribution in [0, 0.1) is 5.92 Å². The van der Waals surface area contributed by atoms with Gasteiger partial charge in [0.25, 0.3) is 5.91 Å². The molecule has 65 heavy (non-hydrogen) atoms. The number of aliphatic hydroxyl groups excluding tert-OH is 3. The molecule has 1 aromatic heterocycles. The van der Waals surface area contributed by atoms with Crippen LogP contribution in [0.15, 0.2) is 60.8 Å². The Morgan fingerprint density at radius 3 is 2.63 bits per heavy atom. The third-order valence-corrected chi connectivity index (χ3v) is 14.1. The molecule has 8 N–H and O–H groups in total. The van der Waals surface area contributed by atoms with Gasteiger partial charge in [-0.15, -0.1) is 0 Å². The molecule has 15 heteroatoms. The maximum atomic E-state index is 15.1. The summed E-state index contributed by atoms with van der Waals surface area (Å²) in [6.45, 7) is -0.256. The molecule has 2 fully saturated rings. The number of H-pyrrole nitrogens is 1. The number of ketones is 1. The molecule has 1 saturated heterocycles. The minimum Gasteiger partial charge on any atom is -0.506 e. The molecule has 8 unspecified atom stereocenters. The lowest BCUT2D eigenvalue weighted by Gasteiger charge is -2.47. The number of ether oxygens (including phenoxy) is 4. The van der Waals surface area contributed by atoms with Gasteiger partial charge in [-0.1, -0.05) is 42.8 Å². The maximum absolute atomic E-state index is 15.1. The van der Waals surface area contributed by atoms with Crippen molar-refractivity contribution in [3.63, 3.8) is 0 Å². The fraction of sp³-hybridized carbons (Fsp3) is 0.400. The molecule has 8 atom stereocenters. The highest BCUT2D eigenvalue weighted by Gasteiger charge is 2.57. The van der Waals surface area contributed by atoms with E-state index in [9.17, 15) is 30.3 Å². The minimum absolute atomic E-state index is 0.0647. The first-order valence-corrected chi connectivity index (χ1v) is 22.2. The largest absolute Gasteiger partial charge is 0.506 e. The van der Waals surface area contributed by atoms with E-state index < -0.39 is 54.4 Å². The average molecular weight is 887 g/mol. The molecule has 4 heterocycles. The lowest BCUT2D eigenvalue weighted by molar-refractivity contribution is -0.329. The smallest absolute Gasteiger partial charge is 0.254 e. The van der Waals surface area contributed by atoms with E-state index >= 15 is 4.79 Å². The second-order valence-corrected chi connectivity index (χ2v) is 17.9. The molecule has 15 nitrogen and oxygen atoms in total. The molecule has 5 aromatic rings. The summed E-state index contributed by atoms with van der Waals surface area (Å²) in [5.41, 5.74) is 4.11. The lowest BCUT2D eigenvalue weighted by atomic mass is 9.75. The van der Waals surface area contributed by atoms with Crippen molar-refractivity contribution >= 4 is 45.5 Å². The van der Waals surface area contributed by atoms with Crippen molar-refractivity contribution in [2.45, 2.75) is 81.1 Å². The zero-order valence-electron chi connectivity index (χ0n) is 36.5. The normalized spacial score (nSPS) is 27.0. The van der Waals surface area contributed by atoms with Crippen molar-refractivity contribution in [1.82, 2.24) is 20.5 Å².